The number of nitrogens with one attached hydrogen (secondary N) is 1. The van der Waals surface area contributed by atoms with E-state index in [-0.39, 0.29) is 11.9 Å². The van der Waals surface area contributed by atoms with Crippen LogP contribution >= 0.6 is 0 Å². The van der Waals surface area contributed by atoms with Crippen molar-refractivity contribution in [2.24, 2.45) is 5.10 Å². The molecule has 1 aliphatic heterocycles. The summed E-state index contributed by atoms with van der Waals surface area (Å²) in [5.74, 6) is 0.614. The molecule has 7 nitrogen and oxygen atoms in total. The second-order valence-electron chi connectivity index (χ2n) is 5.83. The van der Waals surface area contributed by atoms with E-state index < -0.39 is 10.0 Å². The summed E-state index contributed by atoms with van der Waals surface area (Å²) in [6.45, 7) is 1.79. The third kappa shape index (κ3) is 3.90. The highest BCUT2D eigenvalue weighted by Crippen LogP contribution is 2.33. The number of nitrogens with zero attached hydrogens (tertiary/aromatic N) is 2. The number of carbonyl (C=O) groups excluding carboxylic acids is 1. The quantitative estimate of drug-likeness (QED) is 0.886. The van der Waals surface area contributed by atoms with Crippen molar-refractivity contribution in [3.05, 3.63) is 54.0 Å². The lowest BCUT2D eigenvalue weighted by Crippen LogP contribution is -2.25. The predicted octanol–water partition coefficient (Wildman–Crippen LogP) is 2.74. The third-order valence-corrected chi connectivity index (χ3v) is 4.47. The molecule has 0 saturated carbocycles. The number of amides is 1. The average Bonchev–Trinajstić information content (AvgIpc) is 3.22. The van der Waals surface area contributed by atoms with Crippen molar-refractivity contribution in [2.45, 2.75) is 25.8 Å². The first kappa shape index (κ1) is 17.2. The SMILES string of the molecule is CCC(=O)N1N=C(c2ccc(NS(C)(=O)=O)cc2)C[C@@H]1c1ccco1. The summed E-state index contributed by atoms with van der Waals surface area (Å²) in [6, 6.07) is 10.3. The molecule has 25 heavy (non-hydrogen) atoms. The van der Waals surface area contributed by atoms with Crippen LogP contribution in [0.2, 0.25) is 0 Å². The highest BCUT2D eigenvalue weighted by atomic mass is 32.2. The summed E-state index contributed by atoms with van der Waals surface area (Å²) in [6.07, 6.45) is 3.57. The molecule has 2 aromatic rings. The molecule has 8 heteroatoms. The van der Waals surface area contributed by atoms with Gasteiger partial charge in [0.1, 0.15) is 11.8 Å². The maximum absolute atomic E-state index is 12.2. The van der Waals surface area contributed by atoms with Gasteiger partial charge in [-0.2, -0.15) is 5.10 Å². The number of sulfonamides is 1. The first-order chi connectivity index (χ1) is 11.9. The van der Waals surface area contributed by atoms with Crippen LogP contribution in [0.15, 0.2) is 52.2 Å². The largest absolute Gasteiger partial charge is 0.467 e. The minimum absolute atomic E-state index is 0.0771. The summed E-state index contributed by atoms with van der Waals surface area (Å²) in [7, 11) is -3.32. The monoisotopic (exact) mass is 361 g/mol. The summed E-state index contributed by atoms with van der Waals surface area (Å²) in [4.78, 5) is 12.2. The number of anilines is 1. The maximum atomic E-state index is 12.2. The highest BCUT2D eigenvalue weighted by Gasteiger charge is 2.34. The zero-order valence-electron chi connectivity index (χ0n) is 14.0. The van der Waals surface area contributed by atoms with Crippen molar-refractivity contribution in [3.63, 3.8) is 0 Å². The molecule has 0 saturated heterocycles. The van der Waals surface area contributed by atoms with Crippen molar-refractivity contribution in [1.29, 1.82) is 0 Å². The molecule has 0 spiro atoms. The molecule has 3 rings (SSSR count). The van der Waals surface area contributed by atoms with Crippen molar-refractivity contribution in [2.75, 3.05) is 11.0 Å². The van der Waals surface area contributed by atoms with Crippen LogP contribution in [0.3, 0.4) is 0 Å². The van der Waals surface area contributed by atoms with E-state index in [2.05, 4.69) is 9.82 Å². The van der Waals surface area contributed by atoms with Crippen LogP contribution in [0.5, 0.6) is 0 Å². The van der Waals surface area contributed by atoms with E-state index >= 15 is 0 Å². The van der Waals surface area contributed by atoms with Gasteiger partial charge in [-0.1, -0.05) is 19.1 Å². The molecule has 1 aromatic carbocycles. The minimum Gasteiger partial charge on any atom is -0.467 e. The fourth-order valence-corrected chi connectivity index (χ4v) is 3.29. The Labute approximate surface area is 146 Å². The number of hydrogen-bond donors (Lipinski definition) is 1. The number of hydrazone groups is 1. The molecule has 2 heterocycles. The first-order valence-electron chi connectivity index (χ1n) is 7.88. The Hall–Kier alpha value is -2.61. The molecule has 0 fully saturated rings. The Morgan fingerprint density at radius 2 is 2.04 bits per heavy atom. The van der Waals surface area contributed by atoms with Crippen LogP contribution in [0.1, 0.15) is 37.1 Å². The van der Waals surface area contributed by atoms with Gasteiger partial charge in [0.2, 0.25) is 15.9 Å². The molecule has 0 radical (unpaired) electrons. The van der Waals surface area contributed by atoms with Crippen LogP contribution < -0.4 is 4.72 Å². The lowest BCUT2D eigenvalue weighted by molar-refractivity contribution is -0.133. The minimum atomic E-state index is -3.32. The number of hydrogen-bond acceptors (Lipinski definition) is 5. The Morgan fingerprint density at radius 3 is 2.60 bits per heavy atom. The second kappa shape index (κ2) is 6.72. The molecule has 0 aliphatic carbocycles. The zero-order chi connectivity index (χ0) is 18.0. The van der Waals surface area contributed by atoms with E-state index in [1.807, 2.05) is 6.07 Å². The van der Waals surface area contributed by atoms with Crippen LogP contribution in [0, 0.1) is 0 Å². The molecule has 0 bridgehead atoms. The van der Waals surface area contributed by atoms with Gasteiger partial charge in [0.05, 0.1) is 18.2 Å². The lowest BCUT2D eigenvalue weighted by Gasteiger charge is -2.18. The van der Waals surface area contributed by atoms with Crippen molar-refractivity contribution in [3.8, 4) is 0 Å². The molecular formula is C17H19N3O4S. The van der Waals surface area contributed by atoms with Gasteiger partial charge in [-0.25, -0.2) is 13.4 Å². The Kier molecular flexibility index (Phi) is 4.63. The number of rotatable bonds is 5. The van der Waals surface area contributed by atoms with Gasteiger partial charge >= 0.3 is 0 Å². The number of carbonyl (C=O) groups is 1. The van der Waals surface area contributed by atoms with E-state index in [1.54, 1.807) is 43.5 Å². The van der Waals surface area contributed by atoms with Crippen LogP contribution in [-0.4, -0.2) is 31.3 Å². The Bertz CT molecular complexity index is 886. The van der Waals surface area contributed by atoms with E-state index in [1.165, 1.54) is 5.01 Å². The molecular weight excluding hydrogens is 342 g/mol. The van der Waals surface area contributed by atoms with Crippen LogP contribution in [0.25, 0.3) is 0 Å². The van der Waals surface area contributed by atoms with E-state index in [0.29, 0.717) is 24.3 Å². The first-order valence-corrected chi connectivity index (χ1v) is 9.77. The van der Waals surface area contributed by atoms with Crippen molar-refractivity contribution >= 4 is 27.3 Å². The molecule has 1 amide bonds. The summed E-state index contributed by atoms with van der Waals surface area (Å²) < 4.78 is 30.4. The van der Waals surface area contributed by atoms with Gasteiger partial charge < -0.3 is 4.42 Å². The van der Waals surface area contributed by atoms with Crippen molar-refractivity contribution in [1.82, 2.24) is 5.01 Å². The number of benzene rings is 1. The van der Waals surface area contributed by atoms with Crippen molar-refractivity contribution < 1.29 is 17.6 Å². The van der Waals surface area contributed by atoms with Gasteiger partial charge in [0.15, 0.2) is 0 Å². The zero-order valence-corrected chi connectivity index (χ0v) is 14.8. The normalized spacial score (nSPS) is 17.4. The van der Waals surface area contributed by atoms with Gasteiger partial charge in [0, 0.05) is 18.5 Å². The summed E-state index contributed by atoms with van der Waals surface area (Å²) >= 11 is 0. The molecule has 0 unspecified atom stereocenters. The standard InChI is InChI=1S/C17H19N3O4S/c1-3-17(21)20-15(16-5-4-10-24-16)11-14(18-20)12-6-8-13(9-7-12)19-25(2,22)23/h4-10,15,19H,3,11H2,1-2H3/t15-/m1/s1. The van der Waals surface area contributed by atoms with Crippen LogP contribution in [0.4, 0.5) is 5.69 Å². The fraction of sp³-hybridized carbons (Fsp3) is 0.294. The molecule has 132 valence electrons. The average molecular weight is 361 g/mol. The van der Waals surface area contributed by atoms with Gasteiger partial charge in [0.25, 0.3) is 0 Å². The smallest absolute Gasteiger partial charge is 0.243 e. The summed E-state index contributed by atoms with van der Waals surface area (Å²) in [5, 5.41) is 5.94. The summed E-state index contributed by atoms with van der Waals surface area (Å²) in [5.41, 5.74) is 2.07. The molecule has 1 aliphatic rings. The highest BCUT2D eigenvalue weighted by molar-refractivity contribution is 7.92. The van der Waals surface area contributed by atoms with Gasteiger partial charge in [-0.15, -0.1) is 0 Å². The Morgan fingerprint density at radius 1 is 1.32 bits per heavy atom. The molecule has 1 N–H and O–H groups in total. The maximum Gasteiger partial charge on any atom is 0.243 e. The number of furan rings is 1. The topological polar surface area (TPSA) is 92.0 Å². The second-order valence-corrected chi connectivity index (χ2v) is 7.57. The Balaban J connectivity index is 1.85. The predicted molar refractivity (Wildman–Crippen MR) is 94.6 cm³/mol. The molecule has 1 aromatic heterocycles. The van der Waals surface area contributed by atoms with E-state index in [4.69, 9.17) is 4.42 Å². The van der Waals surface area contributed by atoms with Gasteiger partial charge in [-0.3, -0.25) is 9.52 Å². The molecule has 1 atom stereocenters. The van der Waals surface area contributed by atoms with Crippen LogP contribution in [-0.2, 0) is 14.8 Å². The van der Waals surface area contributed by atoms with E-state index in [0.717, 1.165) is 17.5 Å². The van der Waals surface area contributed by atoms with E-state index in [9.17, 15) is 13.2 Å². The lowest BCUT2D eigenvalue weighted by atomic mass is 10.0. The van der Waals surface area contributed by atoms with Gasteiger partial charge in [-0.05, 0) is 29.8 Å². The fourth-order valence-electron chi connectivity index (χ4n) is 2.72. The third-order valence-electron chi connectivity index (χ3n) is 3.86.